The number of nitrogens with zero attached hydrogens (tertiary/aromatic N) is 5. The Morgan fingerprint density at radius 2 is 1.92 bits per heavy atom. The van der Waals surface area contributed by atoms with Crippen molar-refractivity contribution in [3.05, 3.63) is 66.4 Å². The predicted octanol–water partition coefficient (Wildman–Crippen LogP) is 3.86. The molecule has 0 radical (unpaired) electrons. The van der Waals surface area contributed by atoms with Gasteiger partial charge in [-0.15, -0.1) is 0 Å². The number of carbonyl (C=O) groups is 1. The standard InChI is InChI=1S/C29H31N7O3/c1-18-32-23-9-8-20(38-2)15-26(23)36(18)17-27(37)35-13-12-30-11-10-25(35)28-31-16-24(33-28)21-14-19-6-4-5-7-22(19)34-29(21)39-3/h4-9,14-16,25,30H,10-13,17H2,1-3H3,(H,31,33). The number of H-pyrrole nitrogens is 1. The van der Waals surface area contributed by atoms with Crippen LogP contribution < -0.4 is 14.8 Å². The summed E-state index contributed by atoms with van der Waals surface area (Å²) >= 11 is 0. The van der Waals surface area contributed by atoms with E-state index in [0.29, 0.717) is 12.4 Å². The molecule has 10 heteroatoms. The number of methoxy groups -OCH3 is 2. The first-order valence-corrected chi connectivity index (χ1v) is 13.1. The van der Waals surface area contributed by atoms with Crippen molar-refractivity contribution >= 4 is 27.8 Å². The summed E-state index contributed by atoms with van der Waals surface area (Å²) < 4.78 is 13.0. The smallest absolute Gasteiger partial charge is 0.243 e. The van der Waals surface area contributed by atoms with Crippen molar-refractivity contribution in [1.29, 1.82) is 0 Å². The number of aryl methyl sites for hydroxylation is 1. The van der Waals surface area contributed by atoms with Crippen LogP contribution >= 0.6 is 0 Å². The van der Waals surface area contributed by atoms with Crippen LogP contribution in [0.2, 0.25) is 0 Å². The largest absolute Gasteiger partial charge is 0.497 e. The van der Waals surface area contributed by atoms with E-state index in [9.17, 15) is 4.79 Å². The molecule has 39 heavy (non-hydrogen) atoms. The van der Waals surface area contributed by atoms with E-state index in [4.69, 9.17) is 14.5 Å². The van der Waals surface area contributed by atoms with Crippen LogP contribution in [0.3, 0.4) is 0 Å². The lowest BCUT2D eigenvalue weighted by Gasteiger charge is -2.29. The quantitative estimate of drug-likeness (QED) is 0.346. The third kappa shape index (κ3) is 4.67. The molecule has 200 valence electrons. The Balaban J connectivity index is 1.32. The molecule has 10 nitrogen and oxygen atoms in total. The number of ether oxygens (including phenoxy) is 2. The number of rotatable bonds is 6. The molecule has 4 heterocycles. The molecule has 1 aliphatic heterocycles. The first-order valence-electron chi connectivity index (χ1n) is 13.1. The van der Waals surface area contributed by atoms with E-state index in [1.807, 2.05) is 58.9 Å². The van der Waals surface area contributed by atoms with Crippen LogP contribution in [0.15, 0.2) is 54.7 Å². The second-order valence-corrected chi connectivity index (χ2v) is 9.66. The Morgan fingerprint density at radius 1 is 1.05 bits per heavy atom. The van der Waals surface area contributed by atoms with E-state index in [2.05, 4.69) is 26.3 Å². The van der Waals surface area contributed by atoms with Gasteiger partial charge in [0.25, 0.3) is 0 Å². The SMILES string of the molecule is COc1ccc2nc(C)n(CC(=O)N3CCNCCC3c3ncc(-c4cc5ccccc5nc4OC)[nH]3)c2c1. The van der Waals surface area contributed by atoms with Crippen LogP contribution in [0.5, 0.6) is 11.6 Å². The molecule has 1 amide bonds. The monoisotopic (exact) mass is 525 g/mol. The van der Waals surface area contributed by atoms with Gasteiger partial charge in [-0.05, 0) is 44.2 Å². The van der Waals surface area contributed by atoms with E-state index >= 15 is 0 Å². The molecule has 6 rings (SSSR count). The summed E-state index contributed by atoms with van der Waals surface area (Å²) in [5.41, 5.74) is 4.20. The summed E-state index contributed by atoms with van der Waals surface area (Å²) in [4.78, 5) is 33.3. The van der Waals surface area contributed by atoms with Gasteiger partial charge in [0.05, 0.1) is 54.3 Å². The minimum absolute atomic E-state index is 0.0109. The van der Waals surface area contributed by atoms with Gasteiger partial charge in [0.15, 0.2) is 0 Å². The van der Waals surface area contributed by atoms with Gasteiger partial charge in [0, 0.05) is 24.5 Å². The average molecular weight is 526 g/mol. The highest BCUT2D eigenvalue weighted by atomic mass is 16.5. The van der Waals surface area contributed by atoms with Gasteiger partial charge in [0.2, 0.25) is 11.8 Å². The number of pyridine rings is 1. The molecule has 1 atom stereocenters. The molecular weight excluding hydrogens is 494 g/mol. The third-order valence-electron chi connectivity index (χ3n) is 7.34. The van der Waals surface area contributed by atoms with Gasteiger partial charge in [-0.2, -0.15) is 0 Å². The fourth-order valence-corrected chi connectivity index (χ4v) is 5.32. The van der Waals surface area contributed by atoms with Gasteiger partial charge < -0.3 is 29.2 Å². The van der Waals surface area contributed by atoms with Gasteiger partial charge in [0.1, 0.15) is 23.9 Å². The number of amides is 1. The maximum atomic E-state index is 13.8. The number of hydrogen-bond donors (Lipinski definition) is 2. The summed E-state index contributed by atoms with van der Waals surface area (Å²) in [5, 5.41) is 4.44. The van der Waals surface area contributed by atoms with Crippen molar-refractivity contribution in [2.45, 2.75) is 25.9 Å². The highest BCUT2D eigenvalue weighted by Crippen LogP contribution is 2.33. The summed E-state index contributed by atoms with van der Waals surface area (Å²) in [6.07, 6.45) is 2.54. The summed E-state index contributed by atoms with van der Waals surface area (Å²) in [6.45, 7) is 4.19. The van der Waals surface area contributed by atoms with Crippen molar-refractivity contribution < 1.29 is 14.3 Å². The molecule has 3 aromatic heterocycles. The van der Waals surface area contributed by atoms with Crippen molar-refractivity contribution in [2.75, 3.05) is 33.9 Å². The Kier molecular flexibility index (Phi) is 6.62. The summed E-state index contributed by atoms with van der Waals surface area (Å²) in [5.74, 6) is 2.79. The number of carbonyl (C=O) groups excluding carboxylic acids is 1. The number of aromatic amines is 1. The Hall–Kier alpha value is -4.44. The minimum atomic E-state index is -0.203. The lowest BCUT2D eigenvalue weighted by molar-refractivity contribution is -0.134. The Morgan fingerprint density at radius 3 is 2.77 bits per heavy atom. The highest BCUT2D eigenvalue weighted by molar-refractivity contribution is 5.85. The zero-order valence-corrected chi connectivity index (χ0v) is 22.3. The van der Waals surface area contributed by atoms with E-state index in [1.165, 1.54) is 0 Å². The molecular formula is C29H31N7O3. The minimum Gasteiger partial charge on any atom is -0.497 e. The highest BCUT2D eigenvalue weighted by Gasteiger charge is 2.30. The first-order chi connectivity index (χ1) is 19.1. The second kappa shape index (κ2) is 10.4. The molecule has 0 bridgehead atoms. The maximum absolute atomic E-state index is 13.8. The third-order valence-corrected chi connectivity index (χ3v) is 7.34. The molecule has 1 aliphatic rings. The number of aromatic nitrogens is 5. The van der Waals surface area contributed by atoms with Crippen molar-refractivity contribution in [3.63, 3.8) is 0 Å². The van der Waals surface area contributed by atoms with Crippen LogP contribution in [0.25, 0.3) is 33.2 Å². The number of nitrogens with one attached hydrogen (secondary N) is 2. The molecule has 5 aromatic rings. The first kappa shape index (κ1) is 24.9. The Labute approximate surface area is 226 Å². The van der Waals surface area contributed by atoms with E-state index in [1.54, 1.807) is 20.4 Å². The van der Waals surface area contributed by atoms with Gasteiger partial charge in [-0.1, -0.05) is 18.2 Å². The molecule has 0 spiro atoms. The topological polar surface area (TPSA) is 110 Å². The van der Waals surface area contributed by atoms with E-state index in [0.717, 1.165) is 70.1 Å². The van der Waals surface area contributed by atoms with Crippen LogP contribution in [0, 0.1) is 6.92 Å². The number of hydrogen-bond acceptors (Lipinski definition) is 7. The number of fused-ring (bicyclic) bond motifs is 2. The fourth-order valence-electron chi connectivity index (χ4n) is 5.32. The van der Waals surface area contributed by atoms with Crippen LogP contribution in [-0.4, -0.2) is 69.2 Å². The zero-order valence-electron chi connectivity index (χ0n) is 22.3. The molecule has 2 N–H and O–H groups in total. The summed E-state index contributed by atoms with van der Waals surface area (Å²) in [7, 11) is 3.25. The lowest BCUT2D eigenvalue weighted by Crippen LogP contribution is -2.39. The molecule has 0 saturated carbocycles. The molecule has 1 saturated heterocycles. The van der Waals surface area contributed by atoms with Crippen molar-refractivity contribution in [1.82, 2.24) is 34.7 Å². The van der Waals surface area contributed by atoms with Crippen molar-refractivity contribution in [3.8, 4) is 22.9 Å². The fraction of sp³-hybridized carbons (Fsp3) is 0.310. The maximum Gasteiger partial charge on any atom is 0.243 e. The van der Waals surface area contributed by atoms with E-state index < -0.39 is 0 Å². The summed E-state index contributed by atoms with van der Waals surface area (Å²) in [6, 6.07) is 15.5. The number of para-hydroxylation sites is 1. The van der Waals surface area contributed by atoms with Crippen LogP contribution in [0.4, 0.5) is 0 Å². The zero-order chi connectivity index (χ0) is 26.9. The lowest BCUT2D eigenvalue weighted by atomic mass is 10.1. The number of imidazole rings is 2. The molecule has 2 aromatic carbocycles. The van der Waals surface area contributed by atoms with Gasteiger partial charge in [-0.3, -0.25) is 4.79 Å². The molecule has 0 aliphatic carbocycles. The Bertz CT molecular complexity index is 1660. The molecule has 1 fully saturated rings. The van der Waals surface area contributed by atoms with Gasteiger partial charge in [-0.25, -0.2) is 15.0 Å². The second-order valence-electron chi connectivity index (χ2n) is 9.66. The van der Waals surface area contributed by atoms with Crippen LogP contribution in [-0.2, 0) is 11.3 Å². The van der Waals surface area contributed by atoms with Crippen LogP contribution in [0.1, 0.15) is 24.1 Å². The van der Waals surface area contributed by atoms with Gasteiger partial charge >= 0.3 is 0 Å². The normalized spacial score (nSPS) is 16.0. The van der Waals surface area contributed by atoms with Crippen molar-refractivity contribution in [2.24, 2.45) is 0 Å². The predicted molar refractivity (Wildman–Crippen MR) is 149 cm³/mol. The number of benzene rings is 2. The average Bonchev–Trinajstić information content (AvgIpc) is 3.47. The van der Waals surface area contributed by atoms with E-state index in [-0.39, 0.29) is 18.5 Å². The molecule has 1 unspecified atom stereocenters.